The van der Waals surface area contributed by atoms with Crippen LogP contribution in [0.4, 0.5) is 14.6 Å². The molecule has 3 aromatic rings. The highest BCUT2D eigenvalue weighted by Crippen LogP contribution is 2.33. The number of hydrogen-bond donors (Lipinski definition) is 5. The maximum atomic E-state index is 13.6. The normalized spacial score (nSPS) is 22.2. The van der Waals surface area contributed by atoms with Gasteiger partial charge in [0, 0.05) is 12.5 Å². The maximum absolute atomic E-state index is 13.6. The number of benzene rings is 1. The largest absolute Gasteiger partial charge is 0.479 e. The number of aliphatic carboxylic acids is 2. The van der Waals surface area contributed by atoms with Gasteiger partial charge >= 0.3 is 11.9 Å². The van der Waals surface area contributed by atoms with Gasteiger partial charge in [-0.15, -0.1) is 0 Å². The number of nitrogens with zero attached hydrogens (tertiary/aromatic N) is 4. The molecule has 2 aromatic heterocycles. The lowest BCUT2D eigenvalue weighted by Gasteiger charge is -2.27. The molecule has 6 N–H and O–H groups in total. The molecule has 4 unspecified atom stereocenters. The van der Waals surface area contributed by atoms with E-state index in [0.717, 1.165) is 12.1 Å². The van der Waals surface area contributed by atoms with Crippen molar-refractivity contribution in [2.75, 3.05) is 12.3 Å². The second-order valence-corrected chi connectivity index (χ2v) is 8.29. The molecule has 3 heterocycles. The van der Waals surface area contributed by atoms with Crippen LogP contribution in [0, 0.1) is 11.6 Å². The second-order valence-electron chi connectivity index (χ2n) is 7.95. The molecule has 0 spiro atoms. The molecule has 0 aliphatic carbocycles. The van der Waals surface area contributed by atoms with E-state index in [0.29, 0.717) is 6.07 Å². The van der Waals surface area contributed by atoms with Crippen molar-refractivity contribution in [2.24, 2.45) is 0 Å². The molecule has 4 atom stereocenters. The number of halogens is 3. The van der Waals surface area contributed by atoms with Crippen molar-refractivity contribution in [2.45, 2.75) is 36.6 Å². The number of imidazole rings is 1. The van der Waals surface area contributed by atoms with Crippen LogP contribution in [-0.2, 0) is 25.5 Å². The Morgan fingerprint density at radius 3 is 2.39 bits per heavy atom. The van der Waals surface area contributed by atoms with Crippen LogP contribution in [0.2, 0.25) is 5.28 Å². The van der Waals surface area contributed by atoms with Crippen LogP contribution in [0.15, 0.2) is 24.5 Å². The van der Waals surface area contributed by atoms with Gasteiger partial charge in [0.25, 0.3) is 5.60 Å². The number of carboxylic acid groups (broad SMARTS) is 2. The molecule has 1 saturated heterocycles. The third-order valence-electron chi connectivity index (χ3n) is 5.59. The number of anilines is 1. The third-order valence-corrected chi connectivity index (χ3v) is 5.76. The van der Waals surface area contributed by atoms with E-state index in [9.17, 15) is 38.8 Å². The van der Waals surface area contributed by atoms with Crippen molar-refractivity contribution >= 4 is 40.5 Å². The molecular formula is C20H18ClF2N5O8. The van der Waals surface area contributed by atoms with Gasteiger partial charge in [-0.05, 0) is 29.3 Å². The summed E-state index contributed by atoms with van der Waals surface area (Å²) in [7, 11) is 0. The fourth-order valence-corrected chi connectivity index (χ4v) is 4.01. The highest BCUT2D eigenvalue weighted by Gasteiger charge is 2.51. The predicted molar refractivity (Wildman–Crippen MR) is 115 cm³/mol. The Morgan fingerprint density at radius 1 is 1.14 bits per heavy atom. The van der Waals surface area contributed by atoms with Crippen molar-refractivity contribution in [1.82, 2.24) is 19.5 Å². The van der Waals surface area contributed by atoms with E-state index in [2.05, 4.69) is 15.0 Å². The first-order chi connectivity index (χ1) is 16.9. The van der Waals surface area contributed by atoms with E-state index in [-0.39, 0.29) is 27.8 Å². The zero-order valence-electron chi connectivity index (χ0n) is 18.0. The first-order valence-corrected chi connectivity index (χ1v) is 10.5. The number of nitrogen functional groups attached to an aromatic ring is 1. The number of ether oxygens (including phenoxy) is 2. The number of rotatable bonds is 8. The van der Waals surface area contributed by atoms with Crippen LogP contribution < -0.4 is 5.73 Å². The smallest absolute Gasteiger partial charge is 0.348 e. The van der Waals surface area contributed by atoms with Gasteiger partial charge in [-0.2, -0.15) is 9.97 Å². The second kappa shape index (κ2) is 9.51. The number of carboxylic acids is 2. The summed E-state index contributed by atoms with van der Waals surface area (Å²) in [5, 5.41) is 40.1. The first kappa shape index (κ1) is 25.6. The van der Waals surface area contributed by atoms with E-state index < -0.39 is 66.7 Å². The quantitative estimate of drug-likeness (QED) is 0.195. The van der Waals surface area contributed by atoms with Gasteiger partial charge in [-0.1, -0.05) is 0 Å². The summed E-state index contributed by atoms with van der Waals surface area (Å²) in [6.45, 7) is -0.838. The summed E-state index contributed by atoms with van der Waals surface area (Å²) in [5.41, 5.74) is 2.64. The zero-order chi connectivity index (χ0) is 26.4. The molecular weight excluding hydrogens is 512 g/mol. The average molecular weight is 530 g/mol. The molecule has 1 aliphatic heterocycles. The standard InChI is InChI=1S/C20H18ClF2N5O8/c21-19-26-14(24)11-15(27-19)28(6-25-11)16-13(30)12(29)10(36-16)5-35-20(17(31)32,18(33)34)4-7-1-8(22)3-9(23)2-7/h1-3,6,10,12-13,16,29-30H,4-5H2,(H,31,32)(H,33,34)(H2,24,26,27). The van der Waals surface area contributed by atoms with Crippen LogP contribution in [0.3, 0.4) is 0 Å². The molecule has 1 fully saturated rings. The number of aliphatic hydroxyl groups excluding tert-OH is 2. The monoisotopic (exact) mass is 529 g/mol. The molecule has 0 radical (unpaired) electrons. The van der Waals surface area contributed by atoms with Gasteiger partial charge in [0.05, 0.1) is 12.9 Å². The van der Waals surface area contributed by atoms with Crippen LogP contribution in [0.1, 0.15) is 11.8 Å². The van der Waals surface area contributed by atoms with Crippen molar-refractivity contribution < 1.29 is 48.3 Å². The summed E-state index contributed by atoms with van der Waals surface area (Å²) in [6, 6.07) is 2.05. The Labute approximate surface area is 204 Å². The Balaban J connectivity index is 1.58. The molecule has 0 saturated carbocycles. The van der Waals surface area contributed by atoms with Crippen molar-refractivity contribution in [3.8, 4) is 0 Å². The van der Waals surface area contributed by atoms with Gasteiger partial charge in [0.2, 0.25) is 5.28 Å². The molecule has 0 bridgehead atoms. The Kier molecular flexibility index (Phi) is 6.76. The molecule has 36 heavy (non-hydrogen) atoms. The van der Waals surface area contributed by atoms with Crippen LogP contribution >= 0.6 is 11.6 Å². The maximum Gasteiger partial charge on any atom is 0.348 e. The lowest BCUT2D eigenvalue weighted by Crippen LogP contribution is -2.53. The van der Waals surface area contributed by atoms with E-state index in [1.807, 2.05) is 0 Å². The lowest BCUT2D eigenvalue weighted by atomic mass is 9.94. The van der Waals surface area contributed by atoms with Crippen LogP contribution in [0.5, 0.6) is 0 Å². The van der Waals surface area contributed by atoms with E-state index in [1.54, 1.807) is 0 Å². The number of nitrogens with two attached hydrogens (primary N) is 1. The molecule has 192 valence electrons. The van der Waals surface area contributed by atoms with Gasteiger partial charge in [0.1, 0.15) is 35.5 Å². The van der Waals surface area contributed by atoms with Crippen molar-refractivity contribution in [1.29, 1.82) is 0 Å². The molecule has 1 aromatic carbocycles. The molecule has 4 rings (SSSR count). The fraction of sp³-hybridized carbons (Fsp3) is 0.350. The third kappa shape index (κ3) is 4.54. The summed E-state index contributed by atoms with van der Waals surface area (Å²) < 4.78 is 39.2. The van der Waals surface area contributed by atoms with Crippen LogP contribution in [-0.4, -0.2) is 82.4 Å². The minimum Gasteiger partial charge on any atom is -0.479 e. The SMILES string of the molecule is Nc1nc(Cl)nc2c1ncn2C1OC(COC(Cc2cc(F)cc(F)c2)(C(=O)O)C(=O)O)C(O)C1O. The number of aromatic nitrogens is 4. The first-order valence-electron chi connectivity index (χ1n) is 10.2. The minimum atomic E-state index is -3.00. The number of aliphatic hydroxyl groups is 2. The number of fused-ring (bicyclic) bond motifs is 1. The van der Waals surface area contributed by atoms with Gasteiger partial charge in [-0.3, -0.25) is 4.57 Å². The van der Waals surface area contributed by atoms with Crippen molar-refractivity contribution in [3.63, 3.8) is 0 Å². The van der Waals surface area contributed by atoms with E-state index >= 15 is 0 Å². The summed E-state index contributed by atoms with van der Waals surface area (Å²) >= 11 is 5.82. The topological polar surface area (TPSA) is 203 Å². The van der Waals surface area contributed by atoms with Gasteiger partial charge < -0.3 is 35.6 Å². The van der Waals surface area contributed by atoms with Crippen LogP contribution in [0.25, 0.3) is 11.2 Å². The summed E-state index contributed by atoms with van der Waals surface area (Å²) in [5.74, 6) is -6.09. The lowest BCUT2D eigenvalue weighted by molar-refractivity contribution is -0.190. The summed E-state index contributed by atoms with van der Waals surface area (Å²) in [4.78, 5) is 35.6. The average Bonchev–Trinajstić information content (AvgIpc) is 3.31. The minimum absolute atomic E-state index is 0.0573. The Bertz CT molecular complexity index is 1310. The Morgan fingerprint density at radius 2 is 1.78 bits per heavy atom. The zero-order valence-corrected chi connectivity index (χ0v) is 18.7. The number of carbonyl (C=O) groups is 2. The fourth-order valence-electron chi connectivity index (χ4n) is 3.84. The van der Waals surface area contributed by atoms with Gasteiger partial charge in [0.15, 0.2) is 17.7 Å². The van der Waals surface area contributed by atoms with E-state index in [4.69, 9.17) is 26.8 Å². The summed E-state index contributed by atoms with van der Waals surface area (Å²) in [6.07, 6.45) is -5.82. The molecule has 16 heteroatoms. The number of hydrogen-bond acceptors (Lipinski definition) is 10. The van der Waals surface area contributed by atoms with Gasteiger partial charge in [-0.25, -0.2) is 23.4 Å². The van der Waals surface area contributed by atoms with E-state index in [1.165, 1.54) is 10.9 Å². The molecule has 13 nitrogen and oxygen atoms in total. The molecule has 1 aliphatic rings. The predicted octanol–water partition coefficient (Wildman–Crippen LogP) is 0.127. The molecule has 0 amide bonds. The highest BCUT2D eigenvalue weighted by atomic mass is 35.5. The highest BCUT2D eigenvalue weighted by molar-refractivity contribution is 6.28. The van der Waals surface area contributed by atoms with Crippen molar-refractivity contribution in [3.05, 3.63) is 47.0 Å². The Hall–Kier alpha value is -3.50.